The molecule has 1 atom stereocenters. The molecule has 0 unspecified atom stereocenters. The van der Waals surface area contributed by atoms with Crippen LogP contribution in [-0.4, -0.2) is 47.9 Å². The lowest BCUT2D eigenvalue weighted by Gasteiger charge is -2.29. The third-order valence-electron chi connectivity index (χ3n) is 7.48. The Morgan fingerprint density at radius 1 is 0.875 bits per heavy atom. The molecule has 0 spiro atoms. The first-order valence-corrected chi connectivity index (χ1v) is 13.0. The maximum atomic E-state index is 6.56. The Balaban J connectivity index is 1.46. The highest BCUT2D eigenvalue weighted by molar-refractivity contribution is 5.91. The van der Waals surface area contributed by atoms with Crippen LogP contribution in [0.5, 0.6) is 23.1 Å². The predicted octanol–water partition coefficient (Wildman–Crippen LogP) is 6.31. The largest absolute Gasteiger partial charge is 0.493 e. The van der Waals surface area contributed by atoms with Crippen molar-refractivity contribution in [1.82, 2.24) is 19.6 Å². The predicted molar refractivity (Wildman–Crippen MR) is 155 cm³/mol. The van der Waals surface area contributed by atoms with Crippen LogP contribution >= 0.6 is 0 Å². The van der Waals surface area contributed by atoms with Crippen LogP contribution in [0.25, 0.3) is 27.8 Å². The van der Waals surface area contributed by atoms with Gasteiger partial charge in [-0.25, -0.2) is 14.5 Å². The molecule has 198 valence electrons. The van der Waals surface area contributed by atoms with E-state index in [-0.39, 0.29) is 5.92 Å². The van der Waals surface area contributed by atoms with E-state index < -0.39 is 0 Å². The lowest BCUT2D eigenvalue weighted by molar-refractivity contribution is 0.354. The second-order valence-corrected chi connectivity index (χ2v) is 9.96. The fraction of sp³-hybridized carbons (Fsp3) is 0.156. The zero-order valence-corrected chi connectivity index (χ0v) is 22.6. The minimum atomic E-state index is -0.229. The number of hydrogen-bond acceptors (Lipinski definition) is 7. The van der Waals surface area contributed by atoms with E-state index in [1.54, 1.807) is 25.1 Å². The molecule has 0 saturated heterocycles. The normalized spacial score (nSPS) is 13.9. The van der Waals surface area contributed by atoms with Gasteiger partial charge in [0, 0.05) is 42.2 Å². The molecule has 7 rings (SSSR count). The molecule has 0 amide bonds. The van der Waals surface area contributed by atoms with E-state index in [1.807, 2.05) is 50.5 Å². The maximum absolute atomic E-state index is 6.56. The molecule has 0 N–H and O–H groups in total. The van der Waals surface area contributed by atoms with Gasteiger partial charge in [0.1, 0.15) is 12.1 Å². The van der Waals surface area contributed by atoms with Gasteiger partial charge < -0.3 is 19.1 Å². The van der Waals surface area contributed by atoms with Gasteiger partial charge in [0.05, 0.1) is 19.8 Å². The minimum Gasteiger partial charge on any atom is -0.493 e. The van der Waals surface area contributed by atoms with Crippen LogP contribution < -0.4 is 19.1 Å². The van der Waals surface area contributed by atoms with Gasteiger partial charge >= 0.3 is 0 Å². The zero-order valence-electron chi connectivity index (χ0n) is 22.6. The van der Waals surface area contributed by atoms with Crippen LogP contribution in [-0.2, 0) is 0 Å². The molecule has 4 aromatic carbocycles. The number of aromatic nitrogens is 4. The highest BCUT2D eigenvalue weighted by Gasteiger charge is 2.35. The second-order valence-electron chi connectivity index (χ2n) is 9.96. The monoisotopic (exact) mass is 529 g/mol. The van der Waals surface area contributed by atoms with Crippen LogP contribution in [0.2, 0.25) is 0 Å². The molecular formula is C32H27N5O3. The van der Waals surface area contributed by atoms with E-state index >= 15 is 0 Å². The first kappa shape index (κ1) is 24.0. The van der Waals surface area contributed by atoms with Crippen molar-refractivity contribution in [2.24, 2.45) is 0 Å². The summed E-state index contributed by atoms with van der Waals surface area (Å²) in [6.07, 6.45) is 1.67. The van der Waals surface area contributed by atoms with Crippen molar-refractivity contribution in [1.29, 1.82) is 0 Å². The minimum absolute atomic E-state index is 0.229. The Morgan fingerprint density at radius 2 is 1.68 bits per heavy atom. The van der Waals surface area contributed by atoms with Crippen LogP contribution in [0.4, 0.5) is 5.69 Å². The molecule has 0 fully saturated rings. The van der Waals surface area contributed by atoms with Crippen molar-refractivity contribution in [3.05, 3.63) is 102 Å². The number of methoxy groups -OCH3 is 2. The van der Waals surface area contributed by atoms with Gasteiger partial charge in [-0.2, -0.15) is 0 Å². The number of hydrogen-bond donors (Lipinski definition) is 0. The standard InChI is InChI=1S/C32H27N5O3/c1-36(2)22-13-9-20(10-14-22)30-34-31-28-27(21-12-16-25(38-3)26(17-21)39-4)24-15-11-19-7-5-6-8-23(19)29(24)40-32(28)33-18-37(31)35-30/h5-18,27H,1-4H3/t27-/m1/s1. The SMILES string of the molecule is COc1ccc([C@@H]2c3ccc4ccccc4c3Oc3ncn4nc(-c5ccc(N(C)C)cc5)nc4c32)cc1OC. The molecule has 2 aromatic heterocycles. The van der Waals surface area contributed by atoms with Crippen LogP contribution in [0.15, 0.2) is 85.2 Å². The molecule has 0 aliphatic carbocycles. The smallest absolute Gasteiger partial charge is 0.228 e. The summed E-state index contributed by atoms with van der Waals surface area (Å²) in [6, 6.07) is 26.7. The Labute approximate surface area is 231 Å². The Kier molecular flexibility index (Phi) is 5.55. The van der Waals surface area contributed by atoms with Crippen LogP contribution in [0, 0.1) is 0 Å². The first-order chi connectivity index (χ1) is 19.6. The molecule has 3 heterocycles. The molecule has 8 nitrogen and oxygen atoms in total. The van der Waals surface area contributed by atoms with Crippen LogP contribution in [0.3, 0.4) is 0 Å². The third kappa shape index (κ3) is 3.71. The molecule has 1 aliphatic heterocycles. The van der Waals surface area contributed by atoms with E-state index in [4.69, 9.17) is 29.3 Å². The fourth-order valence-corrected chi connectivity index (χ4v) is 5.46. The molecule has 8 heteroatoms. The van der Waals surface area contributed by atoms with Gasteiger partial charge in [0.25, 0.3) is 0 Å². The van der Waals surface area contributed by atoms with Gasteiger partial charge in [-0.05, 0) is 47.3 Å². The van der Waals surface area contributed by atoms with E-state index in [9.17, 15) is 0 Å². The van der Waals surface area contributed by atoms with E-state index in [0.29, 0.717) is 28.9 Å². The summed E-state index contributed by atoms with van der Waals surface area (Å²) in [7, 11) is 7.32. The Morgan fingerprint density at radius 3 is 2.45 bits per heavy atom. The lowest BCUT2D eigenvalue weighted by atomic mass is 9.82. The molecule has 0 bridgehead atoms. The third-order valence-corrected chi connectivity index (χ3v) is 7.48. The summed E-state index contributed by atoms with van der Waals surface area (Å²) < 4.78 is 19.5. The number of rotatable bonds is 5. The average molecular weight is 530 g/mol. The highest BCUT2D eigenvalue weighted by Crippen LogP contribution is 2.51. The quantitative estimate of drug-likeness (QED) is 0.259. The van der Waals surface area contributed by atoms with Crippen LogP contribution in [0.1, 0.15) is 22.6 Å². The maximum Gasteiger partial charge on any atom is 0.228 e. The van der Waals surface area contributed by atoms with Gasteiger partial charge in [0.15, 0.2) is 23.0 Å². The van der Waals surface area contributed by atoms with Crippen molar-refractivity contribution >= 4 is 22.1 Å². The highest BCUT2D eigenvalue weighted by atomic mass is 16.5. The lowest BCUT2D eigenvalue weighted by Crippen LogP contribution is -2.15. The zero-order chi connectivity index (χ0) is 27.4. The number of ether oxygens (including phenoxy) is 3. The number of nitrogens with zero attached hydrogens (tertiary/aromatic N) is 5. The summed E-state index contributed by atoms with van der Waals surface area (Å²) in [4.78, 5) is 11.8. The molecule has 40 heavy (non-hydrogen) atoms. The molecule has 6 aromatic rings. The summed E-state index contributed by atoms with van der Waals surface area (Å²) in [5.74, 6) is 3.01. The van der Waals surface area contributed by atoms with Gasteiger partial charge in [-0.1, -0.05) is 42.5 Å². The fourth-order valence-electron chi connectivity index (χ4n) is 5.46. The van der Waals surface area contributed by atoms with E-state index in [2.05, 4.69) is 47.4 Å². The van der Waals surface area contributed by atoms with Crippen molar-refractivity contribution in [2.75, 3.05) is 33.2 Å². The number of benzene rings is 4. The van der Waals surface area contributed by atoms with Crippen molar-refractivity contribution < 1.29 is 14.2 Å². The average Bonchev–Trinajstić information content (AvgIpc) is 3.44. The van der Waals surface area contributed by atoms with E-state index in [1.165, 1.54) is 0 Å². The van der Waals surface area contributed by atoms with Gasteiger partial charge in [-0.3, -0.25) is 0 Å². The second kappa shape index (κ2) is 9.27. The van der Waals surface area contributed by atoms with Crippen molar-refractivity contribution in [2.45, 2.75) is 5.92 Å². The number of fused-ring (bicyclic) bond motifs is 6. The van der Waals surface area contributed by atoms with Crippen molar-refractivity contribution in [3.63, 3.8) is 0 Å². The Bertz CT molecular complexity index is 1900. The summed E-state index contributed by atoms with van der Waals surface area (Å²) in [5.41, 5.74) is 5.60. The topological polar surface area (TPSA) is 74.0 Å². The molecule has 0 radical (unpaired) electrons. The Hall–Kier alpha value is -5.11. The van der Waals surface area contributed by atoms with Crippen molar-refractivity contribution in [3.8, 4) is 34.5 Å². The number of anilines is 1. The van der Waals surface area contributed by atoms with E-state index in [0.717, 1.165) is 44.5 Å². The first-order valence-electron chi connectivity index (χ1n) is 13.0. The van der Waals surface area contributed by atoms with Gasteiger partial charge in [-0.15, -0.1) is 5.10 Å². The summed E-state index contributed by atoms with van der Waals surface area (Å²) in [6.45, 7) is 0. The summed E-state index contributed by atoms with van der Waals surface area (Å²) in [5, 5.41) is 6.92. The molecule has 0 saturated carbocycles. The molecular weight excluding hydrogens is 502 g/mol. The summed E-state index contributed by atoms with van der Waals surface area (Å²) >= 11 is 0. The molecule has 1 aliphatic rings. The van der Waals surface area contributed by atoms with Gasteiger partial charge in [0.2, 0.25) is 5.88 Å².